The van der Waals surface area contributed by atoms with Crippen LogP contribution in [0.5, 0.6) is 11.5 Å². The molecule has 4 heteroatoms. The first-order valence-electron chi connectivity index (χ1n) is 5.49. The number of carbonyl (C=O) groups is 1. The maximum absolute atomic E-state index is 12.1. The van der Waals surface area contributed by atoms with Crippen molar-refractivity contribution in [2.24, 2.45) is 0 Å². The lowest BCUT2D eigenvalue weighted by molar-refractivity contribution is 0.101. The third kappa shape index (κ3) is 2.22. The van der Waals surface area contributed by atoms with Crippen LogP contribution in [0.4, 0.5) is 0 Å². The van der Waals surface area contributed by atoms with E-state index in [2.05, 4.69) is 0 Å². The maximum Gasteiger partial charge on any atom is 0.228 e. The van der Waals surface area contributed by atoms with Crippen LogP contribution in [0.15, 0.2) is 34.7 Å². The number of carbonyl (C=O) groups excluding carboxylic acids is 1. The van der Waals surface area contributed by atoms with Gasteiger partial charge in [0.2, 0.25) is 5.78 Å². The molecule has 0 saturated heterocycles. The van der Waals surface area contributed by atoms with Gasteiger partial charge in [-0.15, -0.1) is 0 Å². The van der Waals surface area contributed by atoms with E-state index in [9.17, 15) is 4.79 Å². The summed E-state index contributed by atoms with van der Waals surface area (Å²) in [6.07, 6.45) is 0. The van der Waals surface area contributed by atoms with Crippen LogP contribution in [-0.4, -0.2) is 20.0 Å². The Hall–Kier alpha value is -2.23. The molecule has 0 N–H and O–H groups in total. The summed E-state index contributed by atoms with van der Waals surface area (Å²) in [6.45, 7) is 1.80. The fourth-order valence-electron chi connectivity index (χ4n) is 1.68. The molecule has 94 valence electrons. The summed E-state index contributed by atoms with van der Waals surface area (Å²) in [5, 5.41) is 0. The van der Waals surface area contributed by atoms with Crippen molar-refractivity contribution in [1.82, 2.24) is 0 Å². The zero-order valence-corrected chi connectivity index (χ0v) is 10.5. The van der Waals surface area contributed by atoms with Crippen molar-refractivity contribution in [3.05, 3.63) is 47.4 Å². The molecule has 0 fully saturated rings. The topological polar surface area (TPSA) is 48.7 Å². The first-order chi connectivity index (χ1) is 8.65. The van der Waals surface area contributed by atoms with Gasteiger partial charge in [0.25, 0.3) is 0 Å². The second-order valence-corrected chi connectivity index (χ2v) is 3.81. The molecule has 0 atom stereocenters. The molecular weight excluding hydrogens is 232 g/mol. The van der Waals surface area contributed by atoms with Gasteiger partial charge in [-0.1, -0.05) is 0 Å². The summed E-state index contributed by atoms with van der Waals surface area (Å²) < 4.78 is 15.6. The van der Waals surface area contributed by atoms with Gasteiger partial charge < -0.3 is 13.9 Å². The van der Waals surface area contributed by atoms with E-state index >= 15 is 0 Å². The summed E-state index contributed by atoms with van der Waals surface area (Å²) in [6, 6.07) is 8.44. The SMILES string of the molecule is COc1ccc(C(=O)c2ccc(C)o2)cc1OC. The average molecular weight is 246 g/mol. The highest BCUT2D eigenvalue weighted by Gasteiger charge is 2.15. The van der Waals surface area contributed by atoms with Gasteiger partial charge in [-0.25, -0.2) is 0 Å². The molecule has 0 radical (unpaired) electrons. The van der Waals surface area contributed by atoms with Crippen LogP contribution in [0.1, 0.15) is 21.9 Å². The van der Waals surface area contributed by atoms with E-state index in [4.69, 9.17) is 13.9 Å². The number of aryl methyl sites for hydroxylation is 1. The minimum absolute atomic E-state index is 0.177. The molecule has 0 aliphatic carbocycles. The van der Waals surface area contributed by atoms with Crippen LogP contribution in [0.3, 0.4) is 0 Å². The fourth-order valence-corrected chi connectivity index (χ4v) is 1.68. The minimum Gasteiger partial charge on any atom is -0.493 e. The monoisotopic (exact) mass is 246 g/mol. The number of hydrogen-bond donors (Lipinski definition) is 0. The molecule has 1 aromatic heterocycles. The highest BCUT2D eigenvalue weighted by Crippen LogP contribution is 2.28. The highest BCUT2D eigenvalue weighted by molar-refractivity contribution is 6.07. The zero-order chi connectivity index (χ0) is 13.1. The van der Waals surface area contributed by atoms with Gasteiger partial charge in [-0.2, -0.15) is 0 Å². The van der Waals surface area contributed by atoms with Crippen LogP contribution in [0.25, 0.3) is 0 Å². The maximum atomic E-state index is 12.1. The summed E-state index contributed by atoms with van der Waals surface area (Å²) in [4.78, 5) is 12.1. The third-order valence-corrected chi connectivity index (χ3v) is 2.61. The minimum atomic E-state index is -0.177. The van der Waals surface area contributed by atoms with Crippen molar-refractivity contribution in [2.75, 3.05) is 14.2 Å². The first-order valence-corrected chi connectivity index (χ1v) is 5.49. The average Bonchev–Trinajstić information content (AvgIpc) is 2.83. The second-order valence-electron chi connectivity index (χ2n) is 3.81. The Balaban J connectivity index is 2.36. The van der Waals surface area contributed by atoms with Crippen molar-refractivity contribution < 1.29 is 18.7 Å². The predicted octanol–water partition coefficient (Wildman–Crippen LogP) is 2.84. The van der Waals surface area contributed by atoms with E-state index in [1.807, 2.05) is 0 Å². The van der Waals surface area contributed by atoms with Gasteiger partial charge in [0, 0.05) is 5.56 Å². The molecule has 18 heavy (non-hydrogen) atoms. The molecule has 0 bridgehead atoms. The van der Waals surface area contributed by atoms with Crippen LogP contribution >= 0.6 is 0 Å². The Kier molecular flexibility index (Phi) is 3.37. The molecular formula is C14H14O4. The summed E-state index contributed by atoms with van der Waals surface area (Å²) in [5.41, 5.74) is 0.502. The Morgan fingerprint density at radius 3 is 2.33 bits per heavy atom. The smallest absolute Gasteiger partial charge is 0.228 e. The Morgan fingerprint density at radius 2 is 1.78 bits per heavy atom. The van der Waals surface area contributed by atoms with Crippen LogP contribution in [-0.2, 0) is 0 Å². The lowest BCUT2D eigenvalue weighted by Gasteiger charge is -2.08. The van der Waals surface area contributed by atoms with E-state index in [1.165, 1.54) is 7.11 Å². The number of furan rings is 1. The number of hydrogen-bond acceptors (Lipinski definition) is 4. The molecule has 0 saturated carbocycles. The second kappa shape index (κ2) is 4.96. The number of ketones is 1. The summed E-state index contributed by atoms with van der Waals surface area (Å²) in [7, 11) is 3.08. The number of rotatable bonds is 4. The molecule has 0 unspecified atom stereocenters. The quantitative estimate of drug-likeness (QED) is 0.778. The number of ether oxygens (including phenoxy) is 2. The van der Waals surface area contributed by atoms with Crippen molar-refractivity contribution in [3.63, 3.8) is 0 Å². The lowest BCUT2D eigenvalue weighted by atomic mass is 10.1. The molecule has 4 nitrogen and oxygen atoms in total. The van der Waals surface area contributed by atoms with E-state index in [1.54, 1.807) is 44.4 Å². The molecule has 2 rings (SSSR count). The summed E-state index contributed by atoms with van der Waals surface area (Å²) >= 11 is 0. The molecule has 1 aromatic carbocycles. The van der Waals surface area contributed by atoms with E-state index in [-0.39, 0.29) is 5.78 Å². The van der Waals surface area contributed by atoms with Crippen LogP contribution in [0, 0.1) is 6.92 Å². The Labute approximate surface area is 105 Å². The van der Waals surface area contributed by atoms with E-state index in [0.717, 1.165) is 0 Å². The third-order valence-electron chi connectivity index (χ3n) is 2.61. The predicted molar refractivity (Wildman–Crippen MR) is 66.4 cm³/mol. The van der Waals surface area contributed by atoms with E-state index in [0.29, 0.717) is 28.6 Å². The normalized spacial score (nSPS) is 10.2. The molecule has 2 aromatic rings. The van der Waals surface area contributed by atoms with Gasteiger partial charge in [0.15, 0.2) is 17.3 Å². The van der Waals surface area contributed by atoms with Crippen LogP contribution in [0.2, 0.25) is 0 Å². The number of benzene rings is 1. The van der Waals surface area contributed by atoms with Gasteiger partial charge in [0.1, 0.15) is 5.76 Å². The standard InChI is InChI=1S/C14H14O4/c1-9-4-6-12(18-9)14(15)10-5-7-11(16-2)13(8-10)17-3/h4-8H,1-3H3. The molecule has 0 amide bonds. The Bertz CT molecular complexity index is 569. The van der Waals surface area contributed by atoms with Gasteiger partial charge in [-0.05, 0) is 37.3 Å². The van der Waals surface area contributed by atoms with Gasteiger partial charge in [0.05, 0.1) is 14.2 Å². The fraction of sp³-hybridized carbons (Fsp3) is 0.214. The number of methoxy groups -OCH3 is 2. The molecule has 1 heterocycles. The van der Waals surface area contributed by atoms with Crippen molar-refractivity contribution in [3.8, 4) is 11.5 Å². The van der Waals surface area contributed by atoms with Gasteiger partial charge >= 0.3 is 0 Å². The van der Waals surface area contributed by atoms with Crippen LogP contribution < -0.4 is 9.47 Å². The lowest BCUT2D eigenvalue weighted by Crippen LogP contribution is -2.01. The first kappa shape index (κ1) is 12.2. The molecule has 0 aliphatic rings. The Morgan fingerprint density at radius 1 is 1.06 bits per heavy atom. The van der Waals surface area contributed by atoms with E-state index < -0.39 is 0 Å². The van der Waals surface area contributed by atoms with Crippen molar-refractivity contribution >= 4 is 5.78 Å². The highest BCUT2D eigenvalue weighted by atomic mass is 16.5. The molecule has 0 spiro atoms. The summed E-state index contributed by atoms with van der Waals surface area (Å²) in [5.74, 6) is 1.96. The zero-order valence-electron chi connectivity index (χ0n) is 10.5. The largest absolute Gasteiger partial charge is 0.493 e. The van der Waals surface area contributed by atoms with Gasteiger partial charge in [-0.3, -0.25) is 4.79 Å². The van der Waals surface area contributed by atoms with Crippen molar-refractivity contribution in [1.29, 1.82) is 0 Å². The van der Waals surface area contributed by atoms with Crippen molar-refractivity contribution in [2.45, 2.75) is 6.92 Å². The molecule has 0 aliphatic heterocycles.